The fraction of sp³-hybridized carbons (Fsp3) is 0.174. The topological polar surface area (TPSA) is 84.5 Å². The molecule has 0 bridgehead atoms. The first kappa shape index (κ1) is 23.9. The Kier molecular flexibility index (Phi) is 7.33. The van der Waals surface area contributed by atoms with Crippen LogP contribution in [0.2, 0.25) is 10.0 Å². The second-order valence-corrected chi connectivity index (χ2v) is 9.78. The van der Waals surface area contributed by atoms with E-state index in [0.717, 1.165) is 11.1 Å². The molecule has 3 aromatic carbocycles. The highest BCUT2D eigenvalue weighted by molar-refractivity contribution is 7.92. The molecule has 0 saturated carbocycles. The minimum Gasteiger partial charge on any atom is -0.479 e. The largest absolute Gasteiger partial charge is 0.479 e. The molecule has 3 aromatic rings. The second-order valence-electron chi connectivity index (χ2n) is 7.25. The number of benzene rings is 3. The summed E-state index contributed by atoms with van der Waals surface area (Å²) in [5.74, 6) is -0.0857. The summed E-state index contributed by atoms with van der Waals surface area (Å²) < 4.78 is 33.5. The lowest BCUT2D eigenvalue weighted by atomic mass is 10.1. The van der Waals surface area contributed by atoms with Crippen LogP contribution in [0.4, 0.5) is 11.4 Å². The fourth-order valence-corrected chi connectivity index (χ4v) is 4.30. The molecule has 0 aliphatic carbocycles. The van der Waals surface area contributed by atoms with Crippen LogP contribution in [-0.4, -0.2) is 20.4 Å². The predicted molar refractivity (Wildman–Crippen MR) is 128 cm³/mol. The number of aryl methyl sites for hydroxylation is 2. The van der Waals surface area contributed by atoms with Gasteiger partial charge in [0.25, 0.3) is 15.9 Å². The van der Waals surface area contributed by atoms with Crippen LogP contribution >= 0.6 is 23.2 Å². The van der Waals surface area contributed by atoms with Gasteiger partial charge in [0, 0.05) is 16.4 Å². The number of nitrogens with one attached hydrogen (secondary N) is 2. The van der Waals surface area contributed by atoms with Crippen LogP contribution < -0.4 is 14.8 Å². The van der Waals surface area contributed by atoms with Gasteiger partial charge in [0.15, 0.2) is 6.10 Å². The summed E-state index contributed by atoms with van der Waals surface area (Å²) in [7, 11) is -3.77. The van der Waals surface area contributed by atoms with Gasteiger partial charge in [0.2, 0.25) is 0 Å². The summed E-state index contributed by atoms with van der Waals surface area (Å²) in [6, 6.07) is 15.9. The van der Waals surface area contributed by atoms with E-state index in [4.69, 9.17) is 27.9 Å². The smallest absolute Gasteiger partial charge is 0.265 e. The third-order valence-electron chi connectivity index (χ3n) is 4.76. The van der Waals surface area contributed by atoms with E-state index in [9.17, 15) is 13.2 Å². The third-order valence-corrected chi connectivity index (χ3v) is 6.69. The Morgan fingerprint density at radius 3 is 2.19 bits per heavy atom. The summed E-state index contributed by atoms with van der Waals surface area (Å²) in [5.41, 5.74) is 2.97. The number of amides is 1. The zero-order chi connectivity index (χ0) is 23.5. The first-order valence-corrected chi connectivity index (χ1v) is 11.9. The summed E-state index contributed by atoms with van der Waals surface area (Å²) in [6.07, 6.45) is -0.844. The first-order valence-electron chi connectivity index (χ1n) is 9.68. The van der Waals surface area contributed by atoms with Gasteiger partial charge < -0.3 is 10.1 Å². The van der Waals surface area contributed by atoms with Crippen molar-refractivity contribution < 1.29 is 17.9 Å². The van der Waals surface area contributed by atoms with Crippen molar-refractivity contribution >= 4 is 50.5 Å². The molecule has 32 heavy (non-hydrogen) atoms. The quantitative estimate of drug-likeness (QED) is 0.435. The number of ether oxygens (including phenoxy) is 1. The number of anilines is 2. The van der Waals surface area contributed by atoms with Gasteiger partial charge in [0.05, 0.1) is 9.92 Å². The Labute approximate surface area is 197 Å². The Hall–Kier alpha value is -2.74. The maximum Gasteiger partial charge on any atom is 0.265 e. The molecule has 168 valence electrons. The van der Waals surface area contributed by atoms with E-state index < -0.39 is 22.0 Å². The van der Waals surface area contributed by atoms with Gasteiger partial charge in [-0.25, -0.2) is 8.42 Å². The summed E-state index contributed by atoms with van der Waals surface area (Å²) in [4.78, 5) is 12.5. The van der Waals surface area contributed by atoms with Crippen molar-refractivity contribution in [3.8, 4) is 5.75 Å². The molecule has 2 N–H and O–H groups in total. The van der Waals surface area contributed by atoms with Crippen molar-refractivity contribution in [2.45, 2.75) is 31.8 Å². The van der Waals surface area contributed by atoms with Crippen molar-refractivity contribution in [3.63, 3.8) is 0 Å². The summed E-state index contributed by atoms with van der Waals surface area (Å²) >= 11 is 11.9. The highest BCUT2D eigenvalue weighted by Gasteiger charge is 2.18. The number of sulfonamides is 1. The maximum absolute atomic E-state index is 12.7. The predicted octanol–water partition coefficient (Wildman–Crippen LogP) is 5.82. The standard InChI is InChI=1S/C23H22Cl2N2O4S/c1-14-4-6-19(12-15(14)2)27-32(29,30)20-9-7-18(8-10-20)26-23(28)16(3)31-22-11-5-17(24)13-21(22)25/h4-13,16,27H,1-3H3,(H,26,28). The second kappa shape index (κ2) is 9.81. The Morgan fingerprint density at radius 1 is 0.906 bits per heavy atom. The van der Waals surface area contributed by atoms with Crippen molar-refractivity contribution in [1.82, 2.24) is 0 Å². The van der Waals surface area contributed by atoms with Crippen LogP contribution in [0.1, 0.15) is 18.1 Å². The van der Waals surface area contributed by atoms with Gasteiger partial charge in [-0.3, -0.25) is 9.52 Å². The van der Waals surface area contributed by atoms with E-state index in [1.165, 1.54) is 30.3 Å². The highest BCUT2D eigenvalue weighted by atomic mass is 35.5. The molecule has 1 unspecified atom stereocenters. The SMILES string of the molecule is Cc1ccc(NS(=O)(=O)c2ccc(NC(=O)C(C)Oc3ccc(Cl)cc3Cl)cc2)cc1C. The number of hydrogen-bond acceptors (Lipinski definition) is 4. The van der Waals surface area contributed by atoms with Crippen molar-refractivity contribution in [3.05, 3.63) is 81.8 Å². The maximum atomic E-state index is 12.7. The molecule has 1 amide bonds. The molecule has 0 aliphatic rings. The molecule has 0 radical (unpaired) electrons. The van der Waals surface area contributed by atoms with E-state index in [2.05, 4.69) is 10.0 Å². The van der Waals surface area contributed by atoms with Crippen molar-refractivity contribution in [1.29, 1.82) is 0 Å². The fourth-order valence-electron chi connectivity index (χ4n) is 2.80. The van der Waals surface area contributed by atoms with Gasteiger partial charge in [-0.15, -0.1) is 0 Å². The molecule has 0 fully saturated rings. The van der Waals surface area contributed by atoms with Crippen LogP contribution in [0, 0.1) is 13.8 Å². The van der Waals surface area contributed by atoms with Crippen LogP contribution in [0.3, 0.4) is 0 Å². The molecule has 6 nitrogen and oxygen atoms in total. The van der Waals surface area contributed by atoms with Crippen LogP contribution in [0.25, 0.3) is 0 Å². The molecule has 1 atom stereocenters. The van der Waals surface area contributed by atoms with E-state index in [1.54, 1.807) is 31.2 Å². The third kappa shape index (κ3) is 5.94. The molecule has 0 saturated heterocycles. The number of hydrogen-bond donors (Lipinski definition) is 2. The molecule has 0 spiro atoms. The zero-order valence-electron chi connectivity index (χ0n) is 17.6. The van der Waals surface area contributed by atoms with Crippen molar-refractivity contribution in [2.75, 3.05) is 10.0 Å². The lowest BCUT2D eigenvalue weighted by Gasteiger charge is -2.16. The number of carbonyl (C=O) groups is 1. The van der Waals surface area contributed by atoms with E-state index in [0.29, 0.717) is 27.2 Å². The molecule has 0 aromatic heterocycles. The number of carbonyl (C=O) groups excluding carboxylic acids is 1. The van der Waals surface area contributed by atoms with Crippen LogP contribution in [0.15, 0.2) is 65.6 Å². The monoisotopic (exact) mass is 492 g/mol. The lowest BCUT2D eigenvalue weighted by Crippen LogP contribution is -2.30. The minimum atomic E-state index is -3.77. The number of rotatable bonds is 7. The molecule has 0 aliphatic heterocycles. The average Bonchev–Trinajstić information content (AvgIpc) is 2.73. The Morgan fingerprint density at radius 2 is 1.56 bits per heavy atom. The van der Waals surface area contributed by atoms with Gasteiger partial charge in [-0.1, -0.05) is 29.3 Å². The lowest BCUT2D eigenvalue weighted by molar-refractivity contribution is -0.122. The first-order chi connectivity index (χ1) is 15.0. The molecule has 9 heteroatoms. The van der Waals surface area contributed by atoms with E-state index in [-0.39, 0.29) is 4.90 Å². The molecule has 3 rings (SSSR count). The summed E-state index contributed by atoms with van der Waals surface area (Å²) in [5, 5.41) is 3.44. The molecule has 0 heterocycles. The van der Waals surface area contributed by atoms with Gasteiger partial charge in [-0.2, -0.15) is 0 Å². The van der Waals surface area contributed by atoms with Crippen LogP contribution in [-0.2, 0) is 14.8 Å². The zero-order valence-corrected chi connectivity index (χ0v) is 20.0. The molecular weight excluding hydrogens is 471 g/mol. The average molecular weight is 493 g/mol. The van der Waals surface area contributed by atoms with Gasteiger partial charge in [0.1, 0.15) is 5.75 Å². The van der Waals surface area contributed by atoms with E-state index in [1.807, 2.05) is 19.9 Å². The van der Waals surface area contributed by atoms with Crippen LogP contribution in [0.5, 0.6) is 5.75 Å². The van der Waals surface area contributed by atoms with Gasteiger partial charge >= 0.3 is 0 Å². The Bertz CT molecular complexity index is 1250. The summed E-state index contributed by atoms with van der Waals surface area (Å²) in [6.45, 7) is 5.44. The van der Waals surface area contributed by atoms with E-state index >= 15 is 0 Å². The minimum absolute atomic E-state index is 0.0750. The highest BCUT2D eigenvalue weighted by Crippen LogP contribution is 2.28. The van der Waals surface area contributed by atoms with Crippen molar-refractivity contribution in [2.24, 2.45) is 0 Å². The molecular formula is C23H22Cl2N2O4S. The van der Waals surface area contributed by atoms with Gasteiger partial charge in [-0.05, 0) is 86.5 Å². The Balaban J connectivity index is 1.65. The normalized spacial score (nSPS) is 12.2. The number of halogens is 2.